The van der Waals surface area contributed by atoms with Gasteiger partial charge in [0.2, 0.25) is 5.91 Å². The number of halogens is 1. The molecule has 1 atom stereocenters. The molecular formula is C15H22ClNO2. The Labute approximate surface area is 120 Å². The number of carbonyl (C=O) groups is 1. The first-order valence-electron chi connectivity index (χ1n) is 6.55. The van der Waals surface area contributed by atoms with Crippen molar-refractivity contribution in [3.05, 3.63) is 34.9 Å². The number of carbonyl (C=O) groups excluding carboxylic acids is 1. The van der Waals surface area contributed by atoms with Gasteiger partial charge in [0, 0.05) is 25.1 Å². The standard InChI is InChI=1S/C15H22ClNO2/c1-11(2)14(10-15(18)17-8-9-19-3)12-4-6-13(16)7-5-12/h4-7,11,14H,8-10H2,1-3H3,(H,17,18). The van der Waals surface area contributed by atoms with Crippen molar-refractivity contribution in [3.63, 3.8) is 0 Å². The van der Waals surface area contributed by atoms with Crippen LogP contribution in [0.15, 0.2) is 24.3 Å². The quantitative estimate of drug-likeness (QED) is 0.780. The van der Waals surface area contributed by atoms with E-state index in [0.717, 1.165) is 10.6 Å². The van der Waals surface area contributed by atoms with Crippen LogP contribution in [-0.2, 0) is 9.53 Å². The van der Waals surface area contributed by atoms with Crippen LogP contribution in [0.2, 0.25) is 5.02 Å². The third-order valence-electron chi connectivity index (χ3n) is 3.14. The number of ether oxygens (including phenoxy) is 1. The van der Waals surface area contributed by atoms with E-state index in [4.69, 9.17) is 16.3 Å². The number of methoxy groups -OCH3 is 1. The molecule has 1 amide bonds. The fourth-order valence-corrected chi connectivity index (χ4v) is 2.14. The molecule has 0 saturated carbocycles. The van der Waals surface area contributed by atoms with E-state index in [1.54, 1.807) is 7.11 Å². The molecule has 19 heavy (non-hydrogen) atoms. The zero-order valence-corrected chi connectivity index (χ0v) is 12.5. The normalized spacial score (nSPS) is 12.5. The number of hydrogen-bond acceptors (Lipinski definition) is 2. The molecule has 3 nitrogen and oxygen atoms in total. The second-order valence-electron chi connectivity index (χ2n) is 4.95. The van der Waals surface area contributed by atoms with Crippen molar-refractivity contribution < 1.29 is 9.53 Å². The molecule has 0 aliphatic heterocycles. The highest BCUT2D eigenvalue weighted by Crippen LogP contribution is 2.28. The number of rotatable bonds is 7. The summed E-state index contributed by atoms with van der Waals surface area (Å²) in [6, 6.07) is 7.73. The van der Waals surface area contributed by atoms with E-state index in [9.17, 15) is 4.79 Å². The van der Waals surface area contributed by atoms with Gasteiger partial charge in [-0.3, -0.25) is 4.79 Å². The van der Waals surface area contributed by atoms with Gasteiger partial charge in [-0.25, -0.2) is 0 Å². The molecule has 0 heterocycles. The largest absolute Gasteiger partial charge is 0.383 e. The zero-order chi connectivity index (χ0) is 14.3. The number of hydrogen-bond donors (Lipinski definition) is 1. The fourth-order valence-electron chi connectivity index (χ4n) is 2.01. The maximum absolute atomic E-state index is 11.9. The van der Waals surface area contributed by atoms with Crippen molar-refractivity contribution in [1.82, 2.24) is 5.32 Å². The molecule has 4 heteroatoms. The molecular weight excluding hydrogens is 262 g/mol. The SMILES string of the molecule is COCCNC(=O)CC(c1ccc(Cl)cc1)C(C)C. The van der Waals surface area contributed by atoms with E-state index in [0.29, 0.717) is 25.5 Å². The minimum absolute atomic E-state index is 0.0608. The van der Waals surface area contributed by atoms with E-state index < -0.39 is 0 Å². The summed E-state index contributed by atoms with van der Waals surface area (Å²) in [6.45, 7) is 5.35. The third-order valence-corrected chi connectivity index (χ3v) is 3.39. The van der Waals surface area contributed by atoms with Crippen molar-refractivity contribution >= 4 is 17.5 Å². The average molecular weight is 284 g/mol. The van der Waals surface area contributed by atoms with Gasteiger partial charge in [0.15, 0.2) is 0 Å². The molecule has 0 bridgehead atoms. The molecule has 0 aromatic heterocycles. The van der Waals surface area contributed by atoms with Crippen molar-refractivity contribution in [3.8, 4) is 0 Å². The van der Waals surface area contributed by atoms with Gasteiger partial charge in [-0.1, -0.05) is 37.6 Å². The summed E-state index contributed by atoms with van der Waals surface area (Å²) in [6.07, 6.45) is 0.489. The summed E-state index contributed by atoms with van der Waals surface area (Å²) in [5, 5.41) is 3.58. The van der Waals surface area contributed by atoms with E-state index in [2.05, 4.69) is 19.2 Å². The Hall–Kier alpha value is -1.06. The molecule has 1 N–H and O–H groups in total. The summed E-state index contributed by atoms with van der Waals surface area (Å²) in [5.74, 6) is 0.667. The minimum atomic E-state index is 0.0608. The Morgan fingerprint density at radius 1 is 1.32 bits per heavy atom. The summed E-state index contributed by atoms with van der Waals surface area (Å²) < 4.78 is 4.91. The van der Waals surface area contributed by atoms with Crippen LogP contribution in [0.4, 0.5) is 0 Å². The second-order valence-corrected chi connectivity index (χ2v) is 5.39. The summed E-state index contributed by atoms with van der Waals surface area (Å²) in [4.78, 5) is 11.9. The Balaban J connectivity index is 2.63. The lowest BCUT2D eigenvalue weighted by molar-refractivity contribution is -0.121. The molecule has 1 aromatic rings. The average Bonchev–Trinajstić information content (AvgIpc) is 2.37. The molecule has 0 fully saturated rings. The van der Waals surface area contributed by atoms with Crippen molar-refractivity contribution in [2.75, 3.05) is 20.3 Å². The first kappa shape index (κ1) is 16.0. The Bertz CT molecular complexity index is 390. The topological polar surface area (TPSA) is 38.3 Å². The van der Waals surface area contributed by atoms with E-state index in [1.807, 2.05) is 24.3 Å². The predicted octanol–water partition coefficient (Wildman–Crippen LogP) is 3.23. The van der Waals surface area contributed by atoms with Gasteiger partial charge in [-0.2, -0.15) is 0 Å². The lowest BCUT2D eigenvalue weighted by Crippen LogP contribution is -2.29. The van der Waals surface area contributed by atoms with Crippen molar-refractivity contribution in [2.45, 2.75) is 26.2 Å². The monoisotopic (exact) mass is 283 g/mol. The molecule has 1 unspecified atom stereocenters. The van der Waals surface area contributed by atoms with Crippen molar-refractivity contribution in [1.29, 1.82) is 0 Å². The second kappa shape index (κ2) is 8.18. The Kier molecular flexibility index (Phi) is 6.89. The van der Waals surface area contributed by atoms with Gasteiger partial charge in [0.25, 0.3) is 0 Å². The summed E-state index contributed by atoms with van der Waals surface area (Å²) >= 11 is 5.89. The van der Waals surface area contributed by atoms with Crippen LogP contribution < -0.4 is 5.32 Å². The van der Waals surface area contributed by atoms with Gasteiger partial charge in [0.1, 0.15) is 0 Å². The minimum Gasteiger partial charge on any atom is -0.383 e. The van der Waals surface area contributed by atoms with E-state index in [1.165, 1.54) is 0 Å². The number of benzene rings is 1. The Morgan fingerprint density at radius 2 is 1.95 bits per heavy atom. The molecule has 1 rings (SSSR count). The van der Waals surface area contributed by atoms with Crippen LogP contribution in [0.5, 0.6) is 0 Å². The van der Waals surface area contributed by atoms with E-state index in [-0.39, 0.29) is 11.8 Å². The predicted molar refractivity (Wildman–Crippen MR) is 78.5 cm³/mol. The number of amides is 1. The van der Waals surface area contributed by atoms with Crippen LogP contribution in [0, 0.1) is 5.92 Å². The van der Waals surface area contributed by atoms with Gasteiger partial charge < -0.3 is 10.1 Å². The molecule has 1 aromatic carbocycles. The van der Waals surface area contributed by atoms with E-state index >= 15 is 0 Å². The lowest BCUT2D eigenvalue weighted by Gasteiger charge is -2.21. The highest BCUT2D eigenvalue weighted by molar-refractivity contribution is 6.30. The molecule has 106 valence electrons. The molecule has 0 aliphatic carbocycles. The summed E-state index contributed by atoms with van der Waals surface area (Å²) in [5.41, 5.74) is 1.15. The summed E-state index contributed by atoms with van der Waals surface area (Å²) in [7, 11) is 1.62. The van der Waals surface area contributed by atoms with Crippen LogP contribution in [0.25, 0.3) is 0 Å². The third kappa shape index (κ3) is 5.62. The molecule has 0 aliphatic rings. The van der Waals surface area contributed by atoms with Crippen LogP contribution in [-0.4, -0.2) is 26.2 Å². The zero-order valence-electron chi connectivity index (χ0n) is 11.8. The van der Waals surface area contributed by atoms with Gasteiger partial charge in [-0.05, 0) is 29.5 Å². The number of nitrogens with one attached hydrogen (secondary N) is 1. The Morgan fingerprint density at radius 3 is 2.47 bits per heavy atom. The molecule has 0 saturated heterocycles. The van der Waals surface area contributed by atoms with Crippen LogP contribution in [0.1, 0.15) is 31.7 Å². The fraction of sp³-hybridized carbons (Fsp3) is 0.533. The maximum atomic E-state index is 11.9. The van der Waals surface area contributed by atoms with Gasteiger partial charge in [0.05, 0.1) is 6.61 Å². The molecule has 0 spiro atoms. The van der Waals surface area contributed by atoms with Crippen LogP contribution >= 0.6 is 11.6 Å². The molecule has 0 radical (unpaired) electrons. The first-order valence-corrected chi connectivity index (χ1v) is 6.93. The highest BCUT2D eigenvalue weighted by Gasteiger charge is 2.19. The lowest BCUT2D eigenvalue weighted by atomic mass is 9.85. The maximum Gasteiger partial charge on any atom is 0.220 e. The smallest absolute Gasteiger partial charge is 0.220 e. The first-order chi connectivity index (χ1) is 9.04. The van der Waals surface area contributed by atoms with Gasteiger partial charge in [-0.15, -0.1) is 0 Å². The van der Waals surface area contributed by atoms with Crippen molar-refractivity contribution in [2.24, 2.45) is 5.92 Å². The highest BCUT2D eigenvalue weighted by atomic mass is 35.5. The van der Waals surface area contributed by atoms with Gasteiger partial charge >= 0.3 is 0 Å². The van der Waals surface area contributed by atoms with Crippen LogP contribution in [0.3, 0.4) is 0 Å².